The number of nitrogens with one attached hydrogen (secondary N) is 1. The highest BCUT2D eigenvalue weighted by atomic mass is 19.3. The molecule has 1 heterocycles. The molecule has 0 bridgehead atoms. The summed E-state index contributed by atoms with van der Waals surface area (Å²) in [5, 5.41) is 10.8. The van der Waals surface area contributed by atoms with Gasteiger partial charge < -0.3 is 14.8 Å². The van der Waals surface area contributed by atoms with Gasteiger partial charge in [-0.25, -0.2) is 8.78 Å². The molecule has 0 radical (unpaired) electrons. The molecule has 1 atom stereocenters. The predicted octanol–water partition coefficient (Wildman–Crippen LogP) is 0.635. The Labute approximate surface area is 78.5 Å². The van der Waals surface area contributed by atoms with Crippen LogP contribution in [0.1, 0.15) is 10.4 Å². The van der Waals surface area contributed by atoms with E-state index in [-0.39, 0.29) is 5.56 Å². The van der Waals surface area contributed by atoms with Crippen LogP contribution in [0.3, 0.4) is 0 Å². The van der Waals surface area contributed by atoms with Crippen molar-refractivity contribution < 1.29 is 23.1 Å². The summed E-state index contributed by atoms with van der Waals surface area (Å²) in [7, 11) is 0. The molecule has 0 saturated carbocycles. The first kappa shape index (κ1) is 10.6. The molecule has 1 aromatic rings. The van der Waals surface area contributed by atoms with Gasteiger partial charge in [0.1, 0.15) is 12.4 Å². The number of hydrogen-bond donors (Lipinski definition) is 2. The van der Waals surface area contributed by atoms with Gasteiger partial charge in [-0.2, -0.15) is 0 Å². The van der Waals surface area contributed by atoms with Gasteiger partial charge in [0.2, 0.25) is 0 Å². The molecule has 0 spiro atoms. The van der Waals surface area contributed by atoms with Crippen LogP contribution in [0.2, 0.25) is 0 Å². The molecule has 0 fully saturated rings. The lowest BCUT2D eigenvalue weighted by atomic mass is 10.3. The van der Waals surface area contributed by atoms with Crippen molar-refractivity contribution in [2.45, 2.75) is 12.5 Å². The van der Waals surface area contributed by atoms with Gasteiger partial charge in [0, 0.05) is 6.54 Å². The van der Waals surface area contributed by atoms with Crippen LogP contribution in [0.5, 0.6) is 0 Å². The standard InChI is InChI=1S/C8H9F2NO3/c9-7(10)6(12)3-11-8(13)5-1-2-14-4-5/h1-2,4,6-7,12H,3H2,(H,11,13). The Morgan fingerprint density at radius 2 is 2.36 bits per heavy atom. The van der Waals surface area contributed by atoms with Crippen molar-refractivity contribution >= 4 is 5.91 Å². The number of carbonyl (C=O) groups is 1. The van der Waals surface area contributed by atoms with E-state index >= 15 is 0 Å². The average Bonchev–Trinajstić information content (AvgIpc) is 2.66. The normalized spacial score (nSPS) is 12.9. The minimum atomic E-state index is -2.86. The highest BCUT2D eigenvalue weighted by molar-refractivity contribution is 5.93. The van der Waals surface area contributed by atoms with Gasteiger partial charge >= 0.3 is 0 Å². The fourth-order valence-electron chi connectivity index (χ4n) is 0.782. The molecule has 1 unspecified atom stereocenters. The van der Waals surface area contributed by atoms with Crippen LogP contribution >= 0.6 is 0 Å². The summed E-state index contributed by atoms with van der Waals surface area (Å²) < 4.78 is 28.2. The second-order valence-corrected chi connectivity index (χ2v) is 2.62. The van der Waals surface area contributed by atoms with Crippen molar-refractivity contribution in [1.82, 2.24) is 5.32 Å². The molecule has 1 amide bonds. The van der Waals surface area contributed by atoms with E-state index in [0.29, 0.717) is 0 Å². The molecular weight excluding hydrogens is 196 g/mol. The summed E-state index contributed by atoms with van der Waals surface area (Å²) in [5.74, 6) is -0.557. The lowest BCUT2D eigenvalue weighted by molar-refractivity contribution is -0.00270. The van der Waals surface area contributed by atoms with Crippen molar-refractivity contribution in [2.75, 3.05) is 6.54 Å². The smallest absolute Gasteiger partial charge is 0.265 e. The van der Waals surface area contributed by atoms with Gasteiger partial charge in [-0.3, -0.25) is 4.79 Å². The highest BCUT2D eigenvalue weighted by Gasteiger charge is 2.17. The van der Waals surface area contributed by atoms with E-state index in [1.807, 2.05) is 0 Å². The van der Waals surface area contributed by atoms with E-state index in [2.05, 4.69) is 9.73 Å². The first-order chi connectivity index (χ1) is 6.61. The number of amides is 1. The third-order valence-electron chi connectivity index (χ3n) is 1.55. The Morgan fingerprint density at radius 1 is 1.64 bits per heavy atom. The van der Waals surface area contributed by atoms with Crippen LogP contribution in [0.4, 0.5) is 8.78 Å². The summed E-state index contributed by atoms with van der Waals surface area (Å²) in [6.07, 6.45) is -2.23. The maximum Gasteiger partial charge on any atom is 0.265 e. The monoisotopic (exact) mass is 205 g/mol. The molecule has 78 valence electrons. The second-order valence-electron chi connectivity index (χ2n) is 2.62. The largest absolute Gasteiger partial charge is 0.472 e. The Hall–Kier alpha value is -1.43. The molecule has 0 aliphatic heterocycles. The Kier molecular flexibility index (Phi) is 3.58. The molecule has 14 heavy (non-hydrogen) atoms. The summed E-state index contributed by atoms with van der Waals surface area (Å²) in [5.41, 5.74) is 0.228. The minimum absolute atomic E-state index is 0.228. The maximum absolute atomic E-state index is 11.8. The lowest BCUT2D eigenvalue weighted by Gasteiger charge is -2.09. The second kappa shape index (κ2) is 4.71. The van der Waals surface area contributed by atoms with Crippen LogP contribution < -0.4 is 5.32 Å². The molecule has 4 nitrogen and oxygen atoms in total. The van der Waals surface area contributed by atoms with Crippen molar-refractivity contribution in [1.29, 1.82) is 0 Å². The van der Waals surface area contributed by atoms with Crippen LogP contribution in [-0.2, 0) is 0 Å². The quantitative estimate of drug-likeness (QED) is 0.758. The number of rotatable bonds is 4. The Balaban J connectivity index is 2.36. The van der Waals surface area contributed by atoms with E-state index in [4.69, 9.17) is 5.11 Å². The minimum Gasteiger partial charge on any atom is -0.472 e. The van der Waals surface area contributed by atoms with Gasteiger partial charge in [-0.15, -0.1) is 0 Å². The topological polar surface area (TPSA) is 62.5 Å². The van der Waals surface area contributed by atoms with Gasteiger partial charge in [0.15, 0.2) is 0 Å². The lowest BCUT2D eigenvalue weighted by Crippen LogP contribution is -2.35. The molecule has 2 N–H and O–H groups in total. The number of aliphatic hydroxyl groups excluding tert-OH is 1. The number of hydrogen-bond acceptors (Lipinski definition) is 3. The number of furan rings is 1. The van der Waals surface area contributed by atoms with Gasteiger partial charge in [0.05, 0.1) is 11.8 Å². The van der Waals surface area contributed by atoms with Gasteiger partial charge in [-0.05, 0) is 6.07 Å². The summed E-state index contributed by atoms with van der Waals surface area (Å²) in [6, 6.07) is 1.39. The van der Waals surface area contributed by atoms with E-state index in [9.17, 15) is 13.6 Å². The van der Waals surface area contributed by atoms with Crippen LogP contribution in [0.25, 0.3) is 0 Å². The number of aliphatic hydroxyl groups is 1. The fraction of sp³-hybridized carbons (Fsp3) is 0.375. The van der Waals surface area contributed by atoms with Gasteiger partial charge in [-0.1, -0.05) is 0 Å². The first-order valence-electron chi connectivity index (χ1n) is 3.88. The highest BCUT2D eigenvalue weighted by Crippen LogP contribution is 2.01. The molecule has 1 aromatic heterocycles. The van der Waals surface area contributed by atoms with Crippen molar-refractivity contribution in [3.05, 3.63) is 24.2 Å². The molecular formula is C8H9F2NO3. The van der Waals surface area contributed by atoms with E-state index in [1.165, 1.54) is 18.6 Å². The third kappa shape index (κ3) is 2.81. The van der Waals surface area contributed by atoms with Crippen molar-refractivity contribution in [3.8, 4) is 0 Å². The predicted molar refractivity (Wildman–Crippen MR) is 43.1 cm³/mol. The zero-order valence-corrected chi connectivity index (χ0v) is 7.11. The fourth-order valence-corrected chi connectivity index (χ4v) is 0.782. The van der Waals surface area contributed by atoms with Crippen LogP contribution in [-0.4, -0.2) is 30.1 Å². The number of carbonyl (C=O) groups excluding carboxylic acids is 1. The SMILES string of the molecule is O=C(NCC(O)C(F)F)c1ccoc1. The molecule has 1 rings (SSSR count). The molecule has 6 heteroatoms. The number of alkyl halides is 2. The van der Waals surface area contributed by atoms with E-state index < -0.39 is 25.0 Å². The molecule has 0 aromatic carbocycles. The zero-order valence-electron chi connectivity index (χ0n) is 7.11. The van der Waals surface area contributed by atoms with E-state index in [0.717, 1.165) is 0 Å². The third-order valence-corrected chi connectivity index (χ3v) is 1.55. The van der Waals surface area contributed by atoms with Crippen molar-refractivity contribution in [3.63, 3.8) is 0 Å². The summed E-state index contributed by atoms with van der Waals surface area (Å²) >= 11 is 0. The molecule has 0 aliphatic rings. The Bertz CT molecular complexity index is 287. The molecule has 0 saturated heterocycles. The maximum atomic E-state index is 11.8. The summed E-state index contributed by atoms with van der Waals surface area (Å²) in [4.78, 5) is 11.1. The van der Waals surface area contributed by atoms with Crippen LogP contribution in [0, 0.1) is 0 Å². The van der Waals surface area contributed by atoms with E-state index in [1.54, 1.807) is 0 Å². The molecule has 0 aliphatic carbocycles. The number of halogens is 2. The first-order valence-corrected chi connectivity index (χ1v) is 3.88. The summed E-state index contributed by atoms with van der Waals surface area (Å²) in [6.45, 7) is -0.484. The Morgan fingerprint density at radius 3 is 2.86 bits per heavy atom. The average molecular weight is 205 g/mol. The van der Waals surface area contributed by atoms with Gasteiger partial charge in [0.25, 0.3) is 12.3 Å². The van der Waals surface area contributed by atoms with Crippen LogP contribution in [0.15, 0.2) is 23.0 Å². The zero-order chi connectivity index (χ0) is 10.6. The van der Waals surface area contributed by atoms with Crippen molar-refractivity contribution in [2.24, 2.45) is 0 Å².